The molecule has 0 unspecified atom stereocenters. The minimum absolute atomic E-state index is 0.0823. The topological polar surface area (TPSA) is 6.48 Å². The third-order valence-electron chi connectivity index (χ3n) is 27.4. The standard InChI is InChI=1S/C104H88N2/c1-99(2)90-36-24-18-30-74(90)82-53-61(38-52-91(82)99)97-80-50-43-64(106(67-41-48-78-72-28-16-22-34-88(72)103(9,10)95(78)59-67)68-42-49-79-73-29-17-23-35-89(73)104(11,12)96(79)60-68)56-84(80)98(62-37-45-75-69-25-13-19-31-85(69)100(3,4)92(75)54-62)81-51-44-63(55-83(81)97)105(65-39-46-76-70-26-14-20-32-86(70)101(5,6)93(76)57-65)66-40-47-77-71-27-15-21-33-87(71)102(7,8)94(77)58-66/h13-22,24-34,36-37,39-51,53-60H,23,35,38,52H2,1-12H3. The van der Waals surface area contributed by atoms with E-state index in [-0.39, 0.29) is 32.5 Å². The lowest BCUT2D eigenvalue weighted by atomic mass is 9.76. The Balaban J connectivity index is 0.857. The zero-order valence-electron chi connectivity index (χ0n) is 63.1. The van der Waals surface area contributed by atoms with Crippen LogP contribution in [0, 0.1) is 0 Å². The molecule has 0 aliphatic heterocycles. The number of allylic oxidation sites excluding steroid dienone is 8. The molecule has 13 aromatic rings. The van der Waals surface area contributed by atoms with Gasteiger partial charge in [-0.05, 0) is 271 Å². The lowest BCUT2D eigenvalue weighted by Crippen LogP contribution is -2.19. The van der Waals surface area contributed by atoms with Crippen LogP contribution in [0.5, 0.6) is 0 Å². The molecule has 0 N–H and O–H groups in total. The molecule has 514 valence electrons. The van der Waals surface area contributed by atoms with E-state index in [2.05, 4.69) is 360 Å². The number of hydrogen-bond acceptors (Lipinski definition) is 2. The first-order valence-corrected chi connectivity index (χ1v) is 38.8. The second-order valence-corrected chi connectivity index (χ2v) is 34.9. The van der Waals surface area contributed by atoms with Crippen molar-refractivity contribution in [2.45, 2.75) is 141 Å². The first-order valence-electron chi connectivity index (χ1n) is 38.8. The molecule has 8 aliphatic rings. The Morgan fingerprint density at radius 3 is 1.03 bits per heavy atom. The molecule has 13 aromatic carbocycles. The van der Waals surface area contributed by atoms with Gasteiger partial charge in [-0.2, -0.15) is 0 Å². The lowest BCUT2D eigenvalue weighted by molar-refractivity contribution is 0.607. The van der Waals surface area contributed by atoms with Gasteiger partial charge in [-0.25, -0.2) is 0 Å². The fraction of sp³-hybridized carbons (Fsp3) is 0.212. The van der Waals surface area contributed by atoms with Gasteiger partial charge in [-0.15, -0.1) is 0 Å². The number of rotatable bonds is 8. The highest BCUT2D eigenvalue weighted by Gasteiger charge is 2.44. The van der Waals surface area contributed by atoms with Crippen LogP contribution >= 0.6 is 0 Å². The van der Waals surface area contributed by atoms with Crippen molar-refractivity contribution in [1.82, 2.24) is 0 Å². The zero-order valence-corrected chi connectivity index (χ0v) is 63.1. The molecule has 0 heterocycles. The summed E-state index contributed by atoms with van der Waals surface area (Å²) in [5, 5.41) is 5.01. The second kappa shape index (κ2) is 21.8. The summed E-state index contributed by atoms with van der Waals surface area (Å²) in [7, 11) is 0. The highest BCUT2D eigenvalue weighted by atomic mass is 15.1. The normalized spacial score (nSPS) is 17.9. The van der Waals surface area contributed by atoms with Gasteiger partial charge >= 0.3 is 0 Å². The van der Waals surface area contributed by atoms with E-state index in [4.69, 9.17) is 0 Å². The van der Waals surface area contributed by atoms with Crippen LogP contribution in [0.15, 0.2) is 278 Å². The summed E-state index contributed by atoms with van der Waals surface area (Å²) in [5.41, 5.74) is 44.1. The van der Waals surface area contributed by atoms with Crippen molar-refractivity contribution in [2.75, 3.05) is 9.80 Å². The van der Waals surface area contributed by atoms with E-state index in [1.165, 1.54) is 172 Å². The highest BCUT2D eigenvalue weighted by molar-refractivity contribution is 6.21. The first-order chi connectivity index (χ1) is 51.1. The first kappa shape index (κ1) is 63.4. The van der Waals surface area contributed by atoms with E-state index < -0.39 is 0 Å². The average molecular weight is 1370 g/mol. The summed E-state index contributed by atoms with van der Waals surface area (Å²) >= 11 is 0. The van der Waals surface area contributed by atoms with E-state index >= 15 is 0 Å². The number of benzene rings is 13. The quantitative estimate of drug-likeness (QED) is 0.140. The van der Waals surface area contributed by atoms with Gasteiger partial charge in [-0.3, -0.25) is 0 Å². The Bertz CT molecular complexity index is 6160. The summed E-state index contributed by atoms with van der Waals surface area (Å²) in [5.74, 6) is 0. The Labute approximate surface area is 625 Å². The molecule has 0 saturated heterocycles. The van der Waals surface area contributed by atoms with Gasteiger partial charge in [0.05, 0.1) is 0 Å². The van der Waals surface area contributed by atoms with Crippen LogP contribution in [0.25, 0.3) is 93.9 Å². The van der Waals surface area contributed by atoms with Crippen LogP contribution in [-0.4, -0.2) is 0 Å². The molecule has 0 atom stereocenters. The van der Waals surface area contributed by atoms with Crippen molar-refractivity contribution in [3.05, 3.63) is 350 Å². The Hall–Kier alpha value is -11.1. The second-order valence-electron chi connectivity index (χ2n) is 34.9. The van der Waals surface area contributed by atoms with Crippen LogP contribution in [0.3, 0.4) is 0 Å². The van der Waals surface area contributed by atoms with E-state index in [0.717, 1.165) is 54.1 Å². The van der Waals surface area contributed by atoms with Crippen molar-refractivity contribution in [1.29, 1.82) is 0 Å². The molecule has 0 amide bonds. The van der Waals surface area contributed by atoms with Crippen molar-refractivity contribution in [3.8, 4) is 55.6 Å². The minimum atomic E-state index is -0.226. The third kappa shape index (κ3) is 8.56. The minimum Gasteiger partial charge on any atom is -0.310 e. The molecule has 2 nitrogen and oxygen atoms in total. The van der Waals surface area contributed by atoms with E-state index in [1.807, 2.05) is 0 Å². The summed E-state index contributed by atoms with van der Waals surface area (Å²) in [6.45, 7) is 29.2. The van der Waals surface area contributed by atoms with Crippen molar-refractivity contribution >= 4 is 72.4 Å². The molecule has 0 saturated carbocycles. The van der Waals surface area contributed by atoms with E-state index in [9.17, 15) is 0 Å². The molecule has 106 heavy (non-hydrogen) atoms. The van der Waals surface area contributed by atoms with E-state index in [0.29, 0.717) is 0 Å². The Morgan fingerprint density at radius 1 is 0.245 bits per heavy atom. The number of hydrogen-bond donors (Lipinski definition) is 0. The number of nitrogens with zero attached hydrogens (tertiary/aromatic N) is 2. The maximum Gasteiger partial charge on any atom is 0.0468 e. The highest BCUT2D eigenvalue weighted by Crippen LogP contribution is 2.60. The molecule has 8 aliphatic carbocycles. The Morgan fingerprint density at radius 2 is 0.566 bits per heavy atom. The summed E-state index contributed by atoms with van der Waals surface area (Å²) in [4.78, 5) is 5.21. The van der Waals surface area contributed by atoms with Gasteiger partial charge in [-0.1, -0.05) is 282 Å². The van der Waals surface area contributed by atoms with Crippen molar-refractivity contribution < 1.29 is 0 Å². The maximum absolute atomic E-state index is 2.64. The fourth-order valence-electron chi connectivity index (χ4n) is 21.8. The molecular formula is C104H88N2. The van der Waals surface area contributed by atoms with Gasteiger partial charge in [0.1, 0.15) is 0 Å². The number of fused-ring (bicyclic) bond motifs is 18. The van der Waals surface area contributed by atoms with Crippen LogP contribution in [0.1, 0.15) is 181 Å². The van der Waals surface area contributed by atoms with E-state index in [1.54, 1.807) is 11.1 Å². The molecule has 0 fully saturated rings. The predicted molar refractivity (Wildman–Crippen MR) is 448 cm³/mol. The van der Waals surface area contributed by atoms with Crippen LogP contribution in [-0.2, 0) is 32.5 Å². The lowest BCUT2D eigenvalue weighted by Gasteiger charge is -2.32. The smallest absolute Gasteiger partial charge is 0.0468 e. The fourth-order valence-corrected chi connectivity index (χ4v) is 21.8. The molecule has 0 aromatic heterocycles. The predicted octanol–water partition coefficient (Wildman–Crippen LogP) is 28.1. The van der Waals surface area contributed by atoms with Crippen LogP contribution in [0.4, 0.5) is 34.1 Å². The molecule has 0 spiro atoms. The molecule has 0 radical (unpaired) electrons. The van der Waals surface area contributed by atoms with Crippen LogP contribution in [0.2, 0.25) is 0 Å². The Kier molecular flexibility index (Phi) is 13.0. The largest absolute Gasteiger partial charge is 0.310 e. The molecule has 21 rings (SSSR count). The van der Waals surface area contributed by atoms with Gasteiger partial charge in [0, 0.05) is 66.6 Å². The maximum atomic E-state index is 2.64. The van der Waals surface area contributed by atoms with Crippen molar-refractivity contribution in [3.63, 3.8) is 0 Å². The average Bonchev–Trinajstić information content (AvgIpc) is 0.767. The van der Waals surface area contributed by atoms with Crippen LogP contribution < -0.4 is 9.80 Å². The summed E-state index contributed by atoms with van der Waals surface area (Å²) in [6, 6.07) is 97.8. The molecule has 2 heteroatoms. The summed E-state index contributed by atoms with van der Waals surface area (Å²) < 4.78 is 0. The SMILES string of the molecule is CC1(C)C2=C(C=CCC2)c2ccc(N(c3ccc4c(c3)C(C)(C)c3ccccc3-4)c3ccc4c(C5=CC6=C(CC5)C(C)(C)c5ccccc56)c5cc(N(c6ccc7c(c6)C(C)(C)c6ccccc6-7)c6ccc7c(c6)C(C)(C)c6ccccc6-7)ccc5c(-c5ccc6c(c5)C(C)(C)c5ccccc5-6)c4c3)cc21. The van der Waals surface area contributed by atoms with Gasteiger partial charge in [0.15, 0.2) is 0 Å². The van der Waals surface area contributed by atoms with Crippen molar-refractivity contribution in [2.24, 2.45) is 0 Å². The van der Waals surface area contributed by atoms with Gasteiger partial charge < -0.3 is 9.80 Å². The van der Waals surface area contributed by atoms with Gasteiger partial charge in [0.2, 0.25) is 0 Å². The zero-order chi connectivity index (χ0) is 72.0. The van der Waals surface area contributed by atoms with Gasteiger partial charge in [0.25, 0.3) is 0 Å². The number of anilines is 6. The summed E-state index contributed by atoms with van der Waals surface area (Å²) in [6.07, 6.45) is 11.5. The third-order valence-corrected chi connectivity index (χ3v) is 27.4. The monoisotopic (exact) mass is 1360 g/mol. The molecule has 0 bridgehead atoms. The molecular weight excluding hydrogens is 1280 g/mol.